The summed E-state index contributed by atoms with van der Waals surface area (Å²) < 4.78 is 36.1. The highest BCUT2D eigenvalue weighted by Crippen LogP contribution is 2.22. The molecule has 0 spiro atoms. The van der Waals surface area contributed by atoms with Crippen molar-refractivity contribution in [1.29, 1.82) is 0 Å². The molecule has 0 radical (unpaired) electrons. The van der Waals surface area contributed by atoms with Crippen molar-refractivity contribution in [2.45, 2.75) is 11.3 Å². The molecule has 9 nitrogen and oxygen atoms in total. The lowest BCUT2D eigenvalue weighted by Crippen LogP contribution is -2.22. The number of amides is 1. The Labute approximate surface area is 184 Å². The summed E-state index contributed by atoms with van der Waals surface area (Å²) in [4.78, 5) is 17.2. The summed E-state index contributed by atoms with van der Waals surface area (Å²) >= 11 is 0. The van der Waals surface area contributed by atoms with Crippen molar-refractivity contribution in [3.63, 3.8) is 0 Å². The van der Waals surface area contributed by atoms with Crippen LogP contribution in [-0.2, 0) is 16.4 Å². The first-order valence-electron chi connectivity index (χ1n) is 9.63. The van der Waals surface area contributed by atoms with Gasteiger partial charge in [-0.3, -0.25) is 4.79 Å². The molecule has 0 fully saturated rings. The highest BCUT2D eigenvalue weighted by atomic mass is 32.2. The third-order valence-electron chi connectivity index (χ3n) is 4.71. The van der Waals surface area contributed by atoms with Crippen molar-refractivity contribution >= 4 is 21.6 Å². The second-order valence-corrected chi connectivity index (χ2v) is 9.24. The van der Waals surface area contributed by atoms with Crippen LogP contribution in [0.5, 0.6) is 0 Å². The third kappa shape index (κ3) is 4.46. The van der Waals surface area contributed by atoms with E-state index in [4.69, 9.17) is 8.94 Å². The number of aromatic nitrogens is 2. The molecule has 32 heavy (non-hydrogen) atoms. The predicted molar refractivity (Wildman–Crippen MR) is 117 cm³/mol. The fourth-order valence-corrected chi connectivity index (χ4v) is 3.88. The molecule has 0 atom stereocenters. The molecule has 1 amide bonds. The molecule has 4 aromatic rings. The maximum atomic E-state index is 12.7. The van der Waals surface area contributed by atoms with Crippen LogP contribution in [0.15, 0.2) is 80.8 Å². The van der Waals surface area contributed by atoms with E-state index in [1.54, 1.807) is 24.3 Å². The molecular formula is C22H20N4O5S. The third-order valence-corrected chi connectivity index (χ3v) is 6.54. The Morgan fingerprint density at radius 2 is 1.78 bits per heavy atom. The summed E-state index contributed by atoms with van der Waals surface area (Å²) in [7, 11) is -0.658. The average molecular weight is 452 g/mol. The second kappa shape index (κ2) is 8.77. The van der Waals surface area contributed by atoms with Crippen molar-refractivity contribution in [3.05, 3.63) is 83.9 Å². The van der Waals surface area contributed by atoms with Crippen molar-refractivity contribution in [2.24, 2.45) is 0 Å². The summed E-state index contributed by atoms with van der Waals surface area (Å²) in [5.74, 6) is 0.852. The van der Waals surface area contributed by atoms with Crippen molar-refractivity contribution in [1.82, 2.24) is 14.4 Å². The molecule has 2 aromatic carbocycles. The minimum absolute atomic E-state index is 0.114. The monoisotopic (exact) mass is 452 g/mol. The number of nitrogens with one attached hydrogen (secondary N) is 1. The van der Waals surface area contributed by atoms with E-state index in [2.05, 4.69) is 15.5 Å². The van der Waals surface area contributed by atoms with Gasteiger partial charge in [0, 0.05) is 25.3 Å². The van der Waals surface area contributed by atoms with Gasteiger partial charge in [-0.1, -0.05) is 23.4 Å². The van der Waals surface area contributed by atoms with Gasteiger partial charge in [-0.25, -0.2) is 12.7 Å². The zero-order valence-electron chi connectivity index (χ0n) is 17.3. The number of carbonyl (C=O) groups excluding carboxylic acids is 1. The zero-order chi connectivity index (χ0) is 22.7. The number of sulfonamides is 1. The number of benzene rings is 2. The van der Waals surface area contributed by atoms with Gasteiger partial charge >= 0.3 is 0 Å². The number of furan rings is 1. The lowest BCUT2D eigenvalue weighted by Gasteiger charge is -2.12. The smallest absolute Gasteiger partial charge is 0.255 e. The molecule has 0 saturated heterocycles. The zero-order valence-corrected chi connectivity index (χ0v) is 18.2. The van der Waals surface area contributed by atoms with Crippen LogP contribution in [0, 0.1) is 0 Å². The summed E-state index contributed by atoms with van der Waals surface area (Å²) in [6.07, 6.45) is 1.84. The van der Waals surface area contributed by atoms with Gasteiger partial charge in [0.2, 0.25) is 21.7 Å². The van der Waals surface area contributed by atoms with Gasteiger partial charge in [0.25, 0.3) is 5.91 Å². The summed E-state index contributed by atoms with van der Waals surface area (Å²) in [6.45, 7) is 0. The molecular weight excluding hydrogens is 432 g/mol. The van der Waals surface area contributed by atoms with Crippen LogP contribution in [0.2, 0.25) is 0 Å². The topological polar surface area (TPSA) is 119 Å². The minimum Gasteiger partial charge on any atom is -0.461 e. The van der Waals surface area contributed by atoms with E-state index in [1.165, 1.54) is 44.6 Å². The SMILES string of the molecule is CN(C)S(=O)(=O)c1ccc(C(=O)Nc2ccccc2Cc2nc(-c3ccco3)no2)cc1. The van der Waals surface area contributed by atoms with E-state index in [9.17, 15) is 13.2 Å². The molecule has 0 unspecified atom stereocenters. The van der Waals surface area contributed by atoms with Crippen LogP contribution in [0.3, 0.4) is 0 Å². The van der Waals surface area contributed by atoms with Gasteiger partial charge in [-0.15, -0.1) is 0 Å². The Kier molecular flexibility index (Phi) is 5.89. The molecule has 0 aliphatic heterocycles. The van der Waals surface area contributed by atoms with Gasteiger partial charge in [-0.05, 0) is 48.0 Å². The average Bonchev–Trinajstić information content (AvgIpc) is 3.47. The number of hydrogen-bond donors (Lipinski definition) is 1. The van der Waals surface area contributed by atoms with Crippen LogP contribution < -0.4 is 5.32 Å². The van der Waals surface area contributed by atoms with Crippen molar-refractivity contribution < 1.29 is 22.2 Å². The second-order valence-electron chi connectivity index (χ2n) is 7.09. The van der Waals surface area contributed by atoms with Gasteiger partial charge < -0.3 is 14.3 Å². The lowest BCUT2D eigenvalue weighted by atomic mass is 10.1. The molecule has 1 N–H and O–H groups in total. The number of para-hydroxylation sites is 1. The summed E-state index contributed by atoms with van der Waals surface area (Å²) in [6, 6.07) is 16.5. The minimum atomic E-state index is -3.56. The van der Waals surface area contributed by atoms with E-state index in [0.717, 1.165) is 9.87 Å². The first-order chi connectivity index (χ1) is 15.3. The summed E-state index contributed by atoms with van der Waals surface area (Å²) in [5, 5.41) is 6.77. The van der Waals surface area contributed by atoms with Gasteiger partial charge in [0.05, 0.1) is 17.6 Å². The van der Waals surface area contributed by atoms with E-state index >= 15 is 0 Å². The number of nitrogens with zero attached hydrogens (tertiary/aromatic N) is 3. The Morgan fingerprint density at radius 3 is 2.47 bits per heavy atom. The van der Waals surface area contributed by atoms with E-state index in [0.29, 0.717) is 35.1 Å². The quantitative estimate of drug-likeness (QED) is 0.456. The standard InChI is InChI=1S/C22H20N4O5S/c1-26(2)32(28,29)17-11-9-15(10-12-17)22(27)23-18-7-4-3-6-16(18)14-20-24-21(25-31-20)19-8-5-13-30-19/h3-13H,14H2,1-2H3,(H,23,27). The predicted octanol–water partition coefficient (Wildman–Crippen LogP) is 3.42. The first kappa shape index (κ1) is 21.5. The molecule has 2 heterocycles. The Balaban J connectivity index is 1.50. The molecule has 164 valence electrons. The van der Waals surface area contributed by atoms with E-state index in [-0.39, 0.29) is 10.8 Å². The number of hydrogen-bond acceptors (Lipinski definition) is 7. The normalized spacial score (nSPS) is 11.6. The van der Waals surface area contributed by atoms with Gasteiger partial charge in [0.15, 0.2) is 5.76 Å². The largest absolute Gasteiger partial charge is 0.461 e. The molecule has 10 heteroatoms. The fraction of sp³-hybridized carbons (Fsp3) is 0.136. The van der Waals surface area contributed by atoms with E-state index in [1.807, 2.05) is 12.1 Å². The van der Waals surface area contributed by atoms with Gasteiger partial charge in [-0.2, -0.15) is 4.98 Å². The highest BCUT2D eigenvalue weighted by molar-refractivity contribution is 7.89. The van der Waals surface area contributed by atoms with Crippen molar-refractivity contribution in [3.8, 4) is 11.6 Å². The van der Waals surface area contributed by atoms with Crippen molar-refractivity contribution in [2.75, 3.05) is 19.4 Å². The summed E-state index contributed by atoms with van der Waals surface area (Å²) in [5.41, 5.74) is 1.69. The number of carbonyl (C=O) groups is 1. The van der Waals surface area contributed by atoms with Gasteiger partial charge in [0.1, 0.15) is 0 Å². The number of rotatable bonds is 7. The maximum absolute atomic E-state index is 12.7. The lowest BCUT2D eigenvalue weighted by molar-refractivity contribution is 0.102. The first-order valence-corrected chi connectivity index (χ1v) is 11.1. The highest BCUT2D eigenvalue weighted by Gasteiger charge is 2.18. The maximum Gasteiger partial charge on any atom is 0.255 e. The van der Waals surface area contributed by atoms with Crippen LogP contribution in [0.25, 0.3) is 11.6 Å². The van der Waals surface area contributed by atoms with Crippen LogP contribution in [0.4, 0.5) is 5.69 Å². The Bertz CT molecular complexity index is 1330. The molecule has 0 saturated carbocycles. The molecule has 0 bridgehead atoms. The fourth-order valence-electron chi connectivity index (χ4n) is 2.98. The van der Waals surface area contributed by atoms with Crippen LogP contribution in [0.1, 0.15) is 21.8 Å². The Morgan fingerprint density at radius 1 is 1.03 bits per heavy atom. The molecule has 0 aliphatic rings. The Hall–Kier alpha value is -3.76. The molecule has 4 rings (SSSR count). The molecule has 2 aromatic heterocycles. The van der Waals surface area contributed by atoms with Crippen LogP contribution >= 0.6 is 0 Å². The van der Waals surface area contributed by atoms with E-state index < -0.39 is 10.0 Å². The van der Waals surface area contributed by atoms with Crippen LogP contribution in [-0.4, -0.2) is 42.9 Å². The number of anilines is 1. The molecule has 0 aliphatic carbocycles.